The quantitative estimate of drug-likeness (QED) is 0.734. The molecule has 75 valence electrons. The van der Waals surface area contributed by atoms with Crippen molar-refractivity contribution in [2.45, 2.75) is 12.6 Å². The maximum atomic E-state index is 12.1. The summed E-state index contributed by atoms with van der Waals surface area (Å²) in [6.45, 7) is 0. The highest BCUT2D eigenvalue weighted by atomic mass is 19.4. The van der Waals surface area contributed by atoms with E-state index < -0.39 is 12.1 Å². The molecule has 1 atom stereocenters. The molecule has 0 spiro atoms. The molecule has 1 radical (unpaired) electrons. The predicted octanol–water partition coefficient (Wildman–Crippen LogP) is 2.52. The summed E-state index contributed by atoms with van der Waals surface area (Å²) < 4.78 is 36.4. The molecule has 0 heterocycles. The van der Waals surface area contributed by atoms with Crippen molar-refractivity contribution in [2.24, 2.45) is 5.92 Å². The Bertz CT molecular complexity index is 292. The summed E-state index contributed by atoms with van der Waals surface area (Å²) in [5, 5.41) is 0. The molecule has 0 amide bonds. The molecule has 14 heavy (non-hydrogen) atoms. The summed E-state index contributed by atoms with van der Waals surface area (Å²) in [6.07, 6.45) is -3.83. The van der Waals surface area contributed by atoms with Gasteiger partial charge in [-0.3, -0.25) is 4.79 Å². The third kappa shape index (κ3) is 2.87. The zero-order chi connectivity index (χ0) is 10.6. The topological polar surface area (TPSA) is 17.1 Å². The molecular weight excluding hydrogens is 193 g/mol. The highest BCUT2D eigenvalue weighted by Gasteiger charge is 2.39. The zero-order valence-electron chi connectivity index (χ0n) is 7.21. The maximum absolute atomic E-state index is 12.1. The highest BCUT2D eigenvalue weighted by Crippen LogP contribution is 2.27. The summed E-state index contributed by atoms with van der Waals surface area (Å²) in [4.78, 5) is 10.1. The van der Waals surface area contributed by atoms with E-state index in [2.05, 4.69) is 0 Å². The smallest absolute Gasteiger partial charge is 0.290 e. The molecule has 4 heteroatoms. The summed E-state index contributed by atoms with van der Waals surface area (Å²) >= 11 is 0. The average Bonchev–Trinajstić information content (AvgIpc) is 2.14. The Kier molecular flexibility index (Phi) is 3.28. The van der Waals surface area contributed by atoms with Crippen molar-refractivity contribution in [1.82, 2.24) is 0 Å². The first-order valence-electron chi connectivity index (χ1n) is 4.02. The minimum atomic E-state index is -4.50. The van der Waals surface area contributed by atoms with E-state index in [1.807, 2.05) is 0 Å². The molecule has 0 aromatic heterocycles. The van der Waals surface area contributed by atoms with Gasteiger partial charge >= 0.3 is 6.18 Å². The average molecular weight is 201 g/mol. The lowest BCUT2D eigenvalue weighted by molar-refractivity contribution is -0.155. The van der Waals surface area contributed by atoms with Gasteiger partial charge in [-0.25, -0.2) is 0 Å². The van der Waals surface area contributed by atoms with Gasteiger partial charge in [-0.2, -0.15) is 13.2 Å². The standard InChI is InChI=1S/C10H8F3O/c11-10(12,13)9(7-14)6-8-4-2-1-3-5-8/h1-5,9H,6H2. The van der Waals surface area contributed by atoms with Crippen LogP contribution in [-0.4, -0.2) is 12.5 Å². The molecule has 0 saturated carbocycles. The second-order valence-corrected chi connectivity index (χ2v) is 2.90. The van der Waals surface area contributed by atoms with Gasteiger partial charge in [0, 0.05) is 0 Å². The SMILES string of the molecule is O=[C]C(Cc1ccccc1)C(F)(F)F. The van der Waals surface area contributed by atoms with Crippen LogP contribution < -0.4 is 0 Å². The highest BCUT2D eigenvalue weighted by molar-refractivity contribution is 5.56. The van der Waals surface area contributed by atoms with Crippen LogP contribution in [0.15, 0.2) is 30.3 Å². The van der Waals surface area contributed by atoms with Crippen molar-refractivity contribution in [3.8, 4) is 0 Å². The predicted molar refractivity (Wildman–Crippen MR) is 45.4 cm³/mol. The summed E-state index contributed by atoms with van der Waals surface area (Å²) in [6, 6.07) is 8.07. The van der Waals surface area contributed by atoms with Crippen molar-refractivity contribution in [2.75, 3.05) is 0 Å². The van der Waals surface area contributed by atoms with E-state index in [4.69, 9.17) is 0 Å². The van der Waals surface area contributed by atoms with Gasteiger partial charge in [0.25, 0.3) is 0 Å². The van der Waals surface area contributed by atoms with E-state index >= 15 is 0 Å². The lowest BCUT2D eigenvalue weighted by Crippen LogP contribution is -2.26. The monoisotopic (exact) mass is 201 g/mol. The van der Waals surface area contributed by atoms with Gasteiger partial charge < -0.3 is 0 Å². The van der Waals surface area contributed by atoms with Crippen LogP contribution in [0.25, 0.3) is 0 Å². The number of rotatable bonds is 3. The van der Waals surface area contributed by atoms with E-state index in [1.165, 1.54) is 0 Å². The zero-order valence-corrected chi connectivity index (χ0v) is 7.21. The number of halogens is 3. The second-order valence-electron chi connectivity index (χ2n) is 2.90. The first-order chi connectivity index (χ1) is 6.54. The first kappa shape index (κ1) is 10.8. The Morgan fingerprint density at radius 2 is 1.79 bits per heavy atom. The Morgan fingerprint density at radius 3 is 2.21 bits per heavy atom. The second kappa shape index (κ2) is 4.26. The Labute approximate surface area is 79.5 Å². The van der Waals surface area contributed by atoms with Crippen molar-refractivity contribution < 1.29 is 18.0 Å². The third-order valence-electron chi connectivity index (χ3n) is 1.82. The van der Waals surface area contributed by atoms with Crippen LogP contribution >= 0.6 is 0 Å². The fraction of sp³-hybridized carbons (Fsp3) is 0.300. The minimum Gasteiger partial charge on any atom is -0.290 e. The molecule has 1 nitrogen and oxygen atoms in total. The van der Waals surface area contributed by atoms with Gasteiger partial charge in [-0.15, -0.1) is 0 Å². The molecule has 1 unspecified atom stereocenters. The molecule has 0 aliphatic heterocycles. The summed E-state index contributed by atoms with van der Waals surface area (Å²) in [7, 11) is 0. The van der Waals surface area contributed by atoms with Gasteiger partial charge in [-0.1, -0.05) is 30.3 Å². The summed E-state index contributed by atoms with van der Waals surface area (Å²) in [5.41, 5.74) is 0.484. The first-order valence-corrected chi connectivity index (χ1v) is 4.02. The number of benzene rings is 1. The molecule has 0 aliphatic carbocycles. The lowest BCUT2D eigenvalue weighted by Gasteiger charge is -2.13. The Balaban J connectivity index is 2.72. The van der Waals surface area contributed by atoms with Crippen molar-refractivity contribution >= 4 is 6.29 Å². The van der Waals surface area contributed by atoms with Gasteiger partial charge in [0.05, 0.1) is 0 Å². The largest absolute Gasteiger partial charge is 0.399 e. The van der Waals surface area contributed by atoms with Gasteiger partial charge in [0.15, 0.2) is 0 Å². The molecule has 1 aromatic carbocycles. The van der Waals surface area contributed by atoms with E-state index in [9.17, 15) is 18.0 Å². The van der Waals surface area contributed by atoms with E-state index in [0.717, 1.165) is 6.29 Å². The van der Waals surface area contributed by atoms with Crippen LogP contribution in [0, 0.1) is 5.92 Å². The molecule has 1 rings (SSSR count). The van der Waals surface area contributed by atoms with Crippen molar-refractivity contribution in [1.29, 1.82) is 0 Å². The summed E-state index contributed by atoms with van der Waals surface area (Å²) in [5.74, 6) is -2.02. The minimum absolute atomic E-state index is 0.339. The molecular formula is C10H8F3O. The fourth-order valence-electron chi connectivity index (χ4n) is 1.07. The van der Waals surface area contributed by atoms with E-state index in [-0.39, 0.29) is 6.42 Å². The van der Waals surface area contributed by atoms with Crippen LogP contribution in [-0.2, 0) is 11.2 Å². The number of carbonyl (C=O) groups excluding carboxylic acids is 1. The Morgan fingerprint density at radius 1 is 1.21 bits per heavy atom. The number of alkyl halides is 3. The fourth-order valence-corrected chi connectivity index (χ4v) is 1.07. The molecule has 0 N–H and O–H groups in total. The molecule has 0 bridgehead atoms. The van der Waals surface area contributed by atoms with Crippen LogP contribution in [0.4, 0.5) is 13.2 Å². The van der Waals surface area contributed by atoms with Crippen LogP contribution in [0.5, 0.6) is 0 Å². The van der Waals surface area contributed by atoms with E-state index in [0.29, 0.717) is 5.56 Å². The Hall–Kier alpha value is -1.32. The van der Waals surface area contributed by atoms with Gasteiger partial charge in [0.2, 0.25) is 6.29 Å². The third-order valence-corrected chi connectivity index (χ3v) is 1.82. The number of hydrogen-bond acceptors (Lipinski definition) is 1. The molecule has 0 saturated heterocycles. The van der Waals surface area contributed by atoms with Crippen LogP contribution in [0.3, 0.4) is 0 Å². The van der Waals surface area contributed by atoms with E-state index in [1.54, 1.807) is 30.3 Å². The van der Waals surface area contributed by atoms with Crippen molar-refractivity contribution in [3.05, 3.63) is 35.9 Å². The van der Waals surface area contributed by atoms with Crippen molar-refractivity contribution in [3.63, 3.8) is 0 Å². The van der Waals surface area contributed by atoms with Gasteiger partial charge in [0.1, 0.15) is 5.92 Å². The van der Waals surface area contributed by atoms with Crippen LogP contribution in [0.2, 0.25) is 0 Å². The molecule has 0 aliphatic rings. The number of hydrogen-bond donors (Lipinski definition) is 0. The maximum Gasteiger partial charge on any atom is 0.399 e. The lowest BCUT2D eigenvalue weighted by atomic mass is 10.0. The van der Waals surface area contributed by atoms with Gasteiger partial charge in [-0.05, 0) is 12.0 Å². The van der Waals surface area contributed by atoms with Crippen LogP contribution in [0.1, 0.15) is 5.56 Å². The molecule has 0 fully saturated rings. The normalized spacial score (nSPS) is 13.6. The molecule has 1 aromatic rings.